The van der Waals surface area contributed by atoms with Gasteiger partial charge in [0.25, 0.3) is 0 Å². The first kappa shape index (κ1) is 13.3. The summed E-state index contributed by atoms with van der Waals surface area (Å²) in [6.07, 6.45) is 0.609. The van der Waals surface area contributed by atoms with Crippen LogP contribution in [0.3, 0.4) is 0 Å². The molecular formula is C9H18N2O2S. The zero-order valence-corrected chi connectivity index (χ0v) is 9.69. The molecule has 0 saturated heterocycles. The van der Waals surface area contributed by atoms with Crippen LogP contribution in [0.1, 0.15) is 27.2 Å². The van der Waals surface area contributed by atoms with E-state index in [-0.39, 0.29) is 17.6 Å². The van der Waals surface area contributed by atoms with Crippen LogP contribution in [0.25, 0.3) is 0 Å². The lowest BCUT2D eigenvalue weighted by molar-refractivity contribution is -0.121. The van der Waals surface area contributed by atoms with E-state index in [1.807, 2.05) is 20.8 Å². The van der Waals surface area contributed by atoms with Crippen LogP contribution in [0.4, 0.5) is 0 Å². The average molecular weight is 218 g/mol. The fourth-order valence-corrected chi connectivity index (χ4v) is 2.49. The SMILES string of the molecule is CC[C@@](SCC(N)=O)(C(N)=O)C(C)C. The van der Waals surface area contributed by atoms with Gasteiger partial charge in [-0.3, -0.25) is 9.59 Å². The number of nitrogens with two attached hydrogens (primary N) is 2. The molecule has 0 aliphatic carbocycles. The number of carbonyl (C=O) groups is 2. The minimum atomic E-state index is -0.672. The van der Waals surface area contributed by atoms with Crippen LogP contribution in [0, 0.1) is 5.92 Å². The highest BCUT2D eigenvalue weighted by Crippen LogP contribution is 2.35. The van der Waals surface area contributed by atoms with Crippen molar-refractivity contribution in [2.45, 2.75) is 31.9 Å². The van der Waals surface area contributed by atoms with E-state index in [9.17, 15) is 9.59 Å². The molecule has 0 bridgehead atoms. The lowest BCUT2D eigenvalue weighted by Crippen LogP contribution is -2.45. The molecule has 4 N–H and O–H groups in total. The number of hydrogen-bond donors (Lipinski definition) is 2. The second-order valence-corrected chi connectivity index (χ2v) is 4.82. The van der Waals surface area contributed by atoms with Crippen molar-refractivity contribution in [1.29, 1.82) is 0 Å². The Labute approximate surface area is 88.8 Å². The van der Waals surface area contributed by atoms with Crippen LogP contribution in [0.5, 0.6) is 0 Å². The fraction of sp³-hybridized carbons (Fsp3) is 0.778. The van der Waals surface area contributed by atoms with Crippen LogP contribution >= 0.6 is 11.8 Å². The van der Waals surface area contributed by atoms with E-state index in [4.69, 9.17) is 11.5 Å². The van der Waals surface area contributed by atoms with Gasteiger partial charge in [-0.05, 0) is 12.3 Å². The van der Waals surface area contributed by atoms with Gasteiger partial charge in [-0.15, -0.1) is 11.8 Å². The van der Waals surface area contributed by atoms with Gasteiger partial charge in [-0.1, -0.05) is 20.8 Å². The first-order chi connectivity index (χ1) is 6.36. The highest BCUT2D eigenvalue weighted by Gasteiger charge is 2.38. The average Bonchev–Trinajstić information content (AvgIpc) is 2.04. The third-order valence-electron chi connectivity index (χ3n) is 2.35. The molecule has 0 aromatic carbocycles. The minimum absolute atomic E-state index is 0.0920. The Kier molecular flexibility index (Phi) is 4.97. The zero-order chi connectivity index (χ0) is 11.4. The highest BCUT2D eigenvalue weighted by atomic mass is 32.2. The summed E-state index contributed by atoms with van der Waals surface area (Å²) in [4.78, 5) is 22.0. The molecule has 2 amide bonds. The quantitative estimate of drug-likeness (QED) is 0.680. The van der Waals surface area contributed by atoms with Crippen LogP contribution in [0.2, 0.25) is 0 Å². The molecule has 82 valence electrons. The molecule has 0 aliphatic heterocycles. The summed E-state index contributed by atoms with van der Waals surface area (Å²) in [6.45, 7) is 5.73. The Morgan fingerprint density at radius 3 is 2.07 bits per heavy atom. The van der Waals surface area contributed by atoms with E-state index in [2.05, 4.69) is 0 Å². The van der Waals surface area contributed by atoms with Gasteiger partial charge in [0, 0.05) is 0 Å². The van der Waals surface area contributed by atoms with Crippen LogP contribution in [0.15, 0.2) is 0 Å². The van der Waals surface area contributed by atoms with E-state index in [1.54, 1.807) is 0 Å². The van der Waals surface area contributed by atoms with Crippen molar-refractivity contribution < 1.29 is 9.59 Å². The van der Waals surface area contributed by atoms with Gasteiger partial charge in [0.2, 0.25) is 11.8 Å². The van der Waals surface area contributed by atoms with Gasteiger partial charge in [-0.2, -0.15) is 0 Å². The van der Waals surface area contributed by atoms with Gasteiger partial charge in [-0.25, -0.2) is 0 Å². The van der Waals surface area contributed by atoms with E-state index in [0.29, 0.717) is 6.42 Å². The number of amides is 2. The Morgan fingerprint density at radius 2 is 1.86 bits per heavy atom. The van der Waals surface area contributed by atoms with E-state index in [1.165, 1.54) is 11.8 Å². The lowest BCUT2D eigenvalue weighted by atomic mass is 9.91. The summed E-state index contributed by atoms with van der Waals surface area (Å²) < 4.78 is -0.672. The largest absolute Gasteiger partial charge is 0.369 e. The van der Waals surface area contributed by atoms with Gasteiger partial charge >= 0.3 is 0 Å². The van der Waals surface area contributed by atoms with Gasteiger partial charge in [0.05, 0.1) is 10.5 Å². The zero-order valence-electron chi connectivity index (χ0n) is 8.87. The van der Waals surface area contributed by atoms with Crippen molar-refractivity contribution in [2.75, 3.05) is 5.75 Å². The Balaban J connectivity index is 4.68. The van der Waals surface area contributed by atoms with Gasteiger partial charge in [0.1, 0.15) is 0 Å². The van der Waals surface area contributed by atoms with Crippen LogP contribution in [-0.2, 0) is 9.59 Å². The molecule has 0 saturated carbocycles. The van der Waals surface area contributed by atoms with Crippen molar-refractivity contribution in [3.8, 4) is 0 Å². The van der Waals surface area contributed by atoms with Gasteiger partial charge < -0.3 is 11.5 Å². The highest BCUT2D eigenvalue weighted by molar-refractivity contribution is 8.02. The van der Waals surface area contributed by atoms with Crippen molar-refractivity contribution >= 4 is 23.6 Å². The molecule has 0 unspecified atom stereocenters. The molecule has 0 aliphatic rings. The third kappa shape index (κ3) is 2.90. The summed E-state index contributed by atoms with van der Waals surface area (Å²) in [5.41, 5.74) is 10.4. The summed E-state index contributed by atoms with van der Waals surface area (Å²) >= 11 is 1.24. The lowest BCUT2D eigenvalue weighted by Gasteiger charge is -2.32. The molecule has 1 atom stereocenters. The van der Waals surface area contributed by atoms with E-state index in [0.717, 1.165) is 0 Å². The number of hydrogen-bond acceptors (Lipinski definition) is 3. The molecule has 0 aromatic rings. The second kappa shape index (κ2) is 5.24. The number of carbonyl (C=O) groups excluding carboxylic acids is 2. The summed E-state index contributed by atoms with van der Waals surface area (Å²) in [7, 11) is 0. The molecule has 14 heavy (non-hydrogen) atoms. The molecule has 0 fully saturated rings. The van der Waals surface area contributed by atoms with Gasteiger partial charge in [0.15, 0.2) is 0 Å². The molecule has 5 heteroatoms. The predicted octanol–water partition coefficient (Wildman–Crippen LogP) is 0.495. The van der Waals surface area contributed by atoms with Crippen molar-refractivity contribution in [1.82, 2.24) is 0 Å². The number of primary amides is 2. The standard InChI is InChI=1S/C9H18N2O2S/c1-4-9(6(2)3,8(11)13)14-5-7(10)12/h6H,4-5H2,1-3H3,(H2,10,12)(H2,11,13)/t9-/m0/s1. The second-order valence-electron chi connectivity index (χ2n) is 3.52. The number of rotatable bonds is 6. The molecule has 0 heterocycles. The molecule has 0 aromatic heterocycles. The molecule has 0 radical (unpaired) electrons. The fourth-order valence-electron chi connectivity index (χ4n) is 1.41. The van der Waals surface area contributed by atoms with Crippen molar-refractivity contribution in [2.24, 2.45) is 17.4 Å². The topological polar surface area (TPSA) is 86.2 Å². The summed E-state index contributed by atoms with van der Waals surface area (Å²) in [5.74, 6) is -0.570. The molecule has 0 spiro atoms. The Hall–Kier alpha value is -0.710. The molecular weight excluding hydrogens is 200 g/mol. The summed E-state index contributed by atoms with van der Waals surface area (Å²) in [6, 6.07) is 0. The first-order valence-electron chi connectivity index (χ1n) is 4.59. The maximum absolute atomic E-state index is 11.4. The Bertz CT molecular complexity index is 231. The predicted molar refractivity (Wildman–Crippen MR) is 58.7 cm³/mol. The maximum atomic E-state index is 11.4. The molecule has 0 rings (SSSR count). The maximum Gasteiger partial charge on any atom is 0.233 e. The van der Waals surface area contributed by atoms with E-state index < -0.39 is 10.7 Å². The minimum Gasteiger partial charge on any atom is -0.369 e. The van der Waals surface area contributed by atoms with Crippen molar-refractivity contribution in [3.05, 3.63) is 0 Å². The third-order valence-corrected chi connectivity index (χ3v) is 4.25. The van der Waals surface area contributed by atoms with E-state index >= 15 is 0 Å². The number of thioether (sulfide) groups is 1. The van der Waals surface area contributed by atoms with Crippen LogP contribution in [-0.4, -0.2) is 22.3 Å². The van der Waals surface area contributed by atoms with Crippen LogP contribution < -0.4 is 11.5 Å². The Morgan fingerprint density at radius 1 is 1.36 bits per heavy atom. The smallest absolute Gasteiger partial charge is 0.233 e. The monoisotopic (exact) mass is 218 g/mol. The van der Waals surface area contributed by atoms with Crippen molar-refractivity contribution in [3.63, 3.8) is 0 Å². The summed E-state index contributed by atoms with van der Waals surface area (Å²) in [5, 5.41) is 0. The normalized spacial score (nSPS) is 15.1. The molecule has 4 nitrogen and oxygen atoms in total. The first-order valence-corrected chi connectivity index (χ1v) is 5.57.